The summed E-state index contributed by atoms with van der Waals surface area (Å²) < 4.78 is 7.58. The number of ether oxygens (including phenoxy) is 1. The first-order valence-corrected chi connectivity index (χ1v) is 13.0. The van der Waals surface area contributed by atoms with Crippen LogP contribution < -0.4 is 9.64 Å². The van der Waals surface area contributed by atoms with Crippen molar-refractivity contribution in [3.8, 4) is 22.8 Å². The Hall–Kier alpha value is -3.85. The van der Waals surface area contributed by atoms with E-state index < -0.39 is 0 Å². The van der Waals surface area contributed by atoms with Crippen molar-refractivity contribution in [2.75, 3.05) is 43.4 Å². The summed E-state index contributed by atoms with van der Waals surface area (Å²) in [5.41, 5.74) is 3.01. The average molecular weight is 501 g/mol. The Morgan fingerprint density at radius 1 is 0.889 bits per heavy atom. The quantitative estimate of drug-likeness (QED) is 0.336. The molecule has 1 aliphatic heterocycles. The van der Waals surface area contributed by atoms with Crippen LogP contribution in [-0.2, 0) is 4.79 Å². The number of hydrogen-bond donors (Lipinski definition) is 0. The third kappa shape index (κ3) is 5.36. The van der Waals surface area contributed by atoms with Gasteiger partial charge in [-0.05, 0) is 55.5 Å². The molecule has 36 heavy (non-hydrogen) atoms. The van der Waals surface area contributed by atoms with Crippen molar-refractivity contribution < 1.29 is 9.53 Å². The molecule has 1 amide bonds. The van der Waals surface area contributed by atoms with Crippen LogP contribution in [0.1, 0.15) is 6.92 Å². The van der Waals surface area contributed by atoms with Gasteiger partial charge in [0.25, 0.3) is 0 Å². The minimum Gasteiger partial charge on any atom is -0.494 e. The fourth-order valence-electron chi connectivity index (χ4n) is 4.21. The zero-order valence-corrected chi connectivity index (χ0v) is 21.0. The van der Waals surface area contributed by atoms with Crippen LogP contribution >= 0.6 is 11.8 Å². The number of aromatic nitrogens is 4. The summed E-state index contributed by atoms with van der Waals surface area (Å²) in [5, 5.41) is 9.57. The standard InChI is InChI=1S/C27H28N6O2S/c1-2-35-24-10-8-23(9-11-24)33-26(21-12-14-28-15-13-21)29-30-27(33)36-20-25(34)32-18-16-31(17-19-32)22-6-4-3-5-7-22/h3-15H,2,16-20H2,1H3. The first kappa shape index (κ1) is 23.9. The predicted octanol–water partition coefficient (Wildman–Crippen LogP) is 4.17. The number of rotatable bonds is 8. The summed E-state index contributed by atoms with van der Waals surface area (Å²) in [5.74, 6) is 1.92. The Kier molecular flexibility index (Phi) is 7.47. The highest BCUT2D eigenvalue weighted by atomic mass is 32.2. The Morgan fingerprint density at radius 2 is 1.61 bits per heavy atom. The monoisotopic (exact) mass is 500 g/mol. The van der Waals surface area contributed by atoms with Crippen molar-refractivity contribution in [2.24, 2.45) is 0 Å². The van der Waals surface area contributed by atoms with E-state index in [9.17, 15) is 4.79 Å². The normalized spacial score (nSPS) is 13.6. The predicted molar refractivity (Wildman–Crippen MR) is 142 cm³/mol. The summed E-state index contributed by atoms with van der Waals surface area (Å²) >= 11 is 1.41. The number of benzene rings is 2. The lowest BCUT2D eigenvalue weighted by Crippen LogP contribution is -2.49. The second-order valence-corrected chi connectivity index (χ2v) is 9.24. The molecule has 0 radical (unpaired) electrons. The SMILES string of the molecule is CCOc1ccc(-n2c(SCC(=O)N3CCN(c4ccccc4)CC3)nnc2-c2ccncc2)cc1. The maximum absolute atomic E-state index is 13.1. The molecule has 0 atom stereocenters. The van der Waals surface area contributed by atoms with Crippen LogP contribution in [-0.4, -0.2) is 69.1 Å². The fourth-order valence-corrected chi connectivity index (χ4v) is 5.07. The summed E-state index contributed by atoms with van der Waals surface area (Å²) in [6.07, 6.45) is 3.47. The number of nitrogens with zero attached hydrogens (tertiary/aromatic N) is 6. The molecule has 1 fully saturated rings. The molecule has 0 aliphatic carbocycles. The van der Waals surface area contributed by atoms with Crippen LogP contribution in [0, 0.1) is 0 Å². The van der Waals surface area contributed by atoms with Crippen molar-refractivity contribution in [3.05, 3.63) is 79.1 Å². The number of anilines is 1. The molecule has 0 unspecified atom stereocenters. The van der Waals surface area contributed by atoms with Crippen LogP contribution in [0.25, 0.3) is 17.1 Å². The number of carbonyl (C=O) groups is 1. The maximum Gasteiger partial charge on any atom is 0.233 e. The summed E-state index contributed by atoms with van der Waals surface area (Å²) in [6, 6.07) is 22.0. The minimum absolute atomic E-state index is 0.111. The lowest BCUT2D eigenvalue weighted by Gasteiger charge is -2.36. The molecular weight excluding hydrogens is 472 g/mol. The second kappa shape index (κ2) is 11.3. The van der Waals surface area contributed by atoms with E-state index in [1.807, 2.05) is 71.0 Å². The molecule has 9 heteroatoms. The zero-order chi connectivity index (χ0) is 24.7. The maximum atomic E-state index is 13.1. The van der Waals surface area contributed by atoms with E-state index >= 15 is 0 Å². The van der Waals surface area contributed by atoms with Gasteiger partial charge in [0, 0.05) is 55.5 Å². The van der Waals surface area contributed by atoms with Gasteiger partial charge in [0.2, 0.25) is 5.91 Å². The molecule has 1 saturated heterocycles. The van der Waals surface area contributed by atoms with E-state index in [0.29, 0.717) is 36.4 Å². The van der Waals surface area contributed by atoms with Crippen molar-refractivity contribution >= 4 is 23.4 Å². The zero-order valence-electron chi connectivity index (χ0n) is 20.2. The van der Waals surface area contributed by atoms with E-state index in [-0.39, 0.29) is 5.91 Å². The Bertz CT molecular complexity index is 1270. The summed E-state index contributed by atoms with van der Waals surface area (Å²) in [7, 11) is 0. The Morgan fingerprint density at radius 3 is 2.31 bits per heavy atom. The highest BCUT2D eigenvalue weighted by Gasteiger charge is 2.23. The first-order valence-electron chi connectivity index (χ1n) is 12.0. The lowest BCUT2D eigenvalue weighted by molar-refractivity contribution is -0.128. The van der Waals surface area contributed by atoms with Crippen LogP contribution in [0.3, 0.4) is 0 Å². The number of hydrogen-bond acceptors (Lipinski definition) is 7. The smallest absolute Gasteiger partial charge is 0.233 e. The third-order valence-electron chi connectivity index (χ3n) is 6.06. The van der Waals surface area contributed by atoms with E-state index in [4.69, 9.17) is 4.74 Å². The largest absolute Gasteiger partial charge is 0.494 e. The van der Waals surface area contributed by atoms with Gasteiger partial charge >= 0.3 is 0 Å². The van der Waals surface area contributed by atoms with Crippen molar-refractivity contribution in [2.45, 2.75) is 12.1 Å². The molecular formula is C27H28N6O2S. The molecule has 0 bridgehead atoms. The van der Waals surface area contributed by atoms with E-state index in [1.165, 1.54) is 17.4 Å². The van der Waals surface area contributed by atoms with Crippen molar-refractivity contribution in [1.82, 2.24) is 24.6 Å². The fraction of sp³-hybridized carbons (Fsp3) is 0.259. The first-order chi connectivity index (χ1) is 17.7. The van der Waals surface area contributed by atoms with E-state index in [1.54, 1.807) is 12.4 Å². The van der Waals surface area contributed by atoms with Crippen molar-refractivity contribution in [1.29, 1.82) is 0 Å². The van der Waals surface area contributed by atoms with Crippen molar-refractivity contribution in [3.63, 3.8) is 0 Å². The van der Waals surface area contributed by atoms with Gasteiger partial charge in [-0.2, -0.15) is 0 Å². The van der Waals surface area contributed by atoms with Gasteiger partial charge < -0.3 is 14.5 Å². The number of pyridine rings is 1. The van der Waals surface area contributed by atoms with Gasteiger partial charge in [-0.25, -0.2) is 0 Å². The van der Waals surface area contributed by atoms with Crippen LogP contribution in [0.5, 0.6) is 5.75 Å². The van der Waals surface area contributed by atoms with Gasteiger partial charge in [0.15, 0.2) is 11.0 Å². The Balaban J connectivity index is 1.30. The highest BCUT2D eigenvalue weighted by molar-refractivity contribution is 7.99. The van der Waals surface area contributed by atoms with Gasteiger partial charge in [-0.3, -0.25) is 14.3 Å². The Labute approximate surface area is 214 Å². The molecule has 184 valence electrons. The van der Waals surface area contributed by atoms with Gasteiger partial charge in [0.05, 0.1) is 12.4 Å². The molecule has 0 spiro atoms. The molecule has 0 saturated carbocycles. The number of carbonyl (C=O) groups excluding carboxylic acids is 1. The molecule has 8 nitrogen and oxygen atoms in total. The minimum atomic E-state index is 0.111. The number of para-hydroxylation sites is 1. The molecule has 0 N–H and O–H groups in total. The molecule has 2 aromatic heterocycles. The van der Waals surface area contributed by atoms with E-state index in [0.717, 1.165) is 30.1 Å². The lowest BCUT2D eigenvalue weighted by atomic mass is 10.2. The van der Waals surface area contributed by atoms with Crippen LogP contribution in [0.2, 0.25) is 0 Å². The molecule has 3 heterocycles. The van der Waals surface area contributed by atoms with Crippen LogP contribution in [0.4, 0.5) is 5.69 Å². The van der Waals surface area contributed by atoms with Crippen LogP contribution in [0.15, 0.2) is 84.3 Å². The van der Waals surface area contributed by atoms with Gasteiger partial charge in [-0.1, -0.05) is 30.0 Å². The topological polar surface area (TPSA) is 76.4 Å². The third-order valence-corrected chi connectivity index (χ3v) is 6.97. The average Bonchev–Trinajstić information content (AvgIpc) is 3.37. The summed E-state index contributed by atoms with van der Waals surface area (Å²) in [6.45, 7) is 5.65. The summed E-state index contributed by atoms with van der Waals surface area (Å²) in [4.78, 5) is 21.4. The highest BCUT2D eigenvalue weighted by Crippen LogP contribution is 2.29. The van der Waals surface area contributed by atoms with Gasteiger partial charge in [-0.15, -0.1) is 10.2 Å². The molecule has 2 aromatic carbocycles. The molecule has 5 rings (SSSR count). The number of thioether (sulfide) groups is 1. The number of amides is 1. The second-order valence-electron chi connectivity index (χ2n) is 8.30. The molecule has 1 aliphatic rings. The van der Waals surface area contributed by atoms with Gasteiger partial charge in [0.1, 0.15) is 5.75 Å². The number of piperazine rings is 1. The molecule has 4 aromatic rings. The van der Waals surface area contributed by atoms with E-state index in [2.05, 4.69) is 32.2 Å².